The first-order valence-corrected chi connectivity index (χ1v) is 11.6. The maximum Gasteiger partial charge on any atom is 0.252 e. The van der Waals surface area contributed by atoms with Crippen molar-refractivity contribution in [3.8, 4) is 17.4 Å². The van der Waals surface area contributed by atoms with Crippen LogP contribution in [0.4, 0.5) is 15.8 Å². The molecule has 2 aromatic carbocycles. The van der Waals surface area contributed by atoms with Gasteiger partial charge in [-0.3, -0.25) is 19.4 Å². The molecule has 3 amide bonds. The lowest BCUT2D eigenvalue weighted by molar-refractivity contribution is -0.131. The number of carbonyl (C=O) groups is 3. The molecule has 0 unspecified atom stereocenters. The Morgan fingerprint density at radius 2 is 1.61 bits per heavy atom. The molecule has 1 fully saturated rings. The van der Waals surface area contributed by atoms with Crippen LogP contribution < -0.4 is 25.8 Å². The Hall–Kier alpha value is -5.06. The number of nitrogens with two attached hydrogens (primary N) is 1. The van der Waals surface area contributed by atoms with Gasteiger partial charge in [0, 0.05) is 29.4 Å². The lowest BCUT2D eigenvalue weighted by atomic mass is 10.0. The number of hydrogen-bond donors (Lipinski definition) is 3. The van der Waals surface area contributed by atoms with E-state index in [4.69, 9.17) is 15.2 Å². The van der Waals surface area contributed by atoms with Gasteiger partial charge in [0.1, 0.15) is 22.7 Å². The molecule has 1 saturated carbocycles. The number of pyridine rings is 2. The number of carbonyl (C=O) groups excluding carboxylic acids is 3. The summed E-state index contributed by atoms with van der Waals surface area (Å²) in [6.07, 6.45) is 3.74. The summed E-state index contributed by atoms with van der Waals surface area (Å²) in [7, 11) is 1.43. The predicted octanol–water partition coefficient (Wildman–Crippen LogP) is 4.03. The van der Waals surface area contributed by atoms with Crippen LogP contribution in [0.3, 0.4) is 0 Å². The molecular weight excluding hydrogens is 493 g/mol. The van der Waals surface area contributed by atoms with E-state index in [1.54, 1.807) is 36.5 Å². The molecule has 1 aliphatic carbocycles. The van der Waals surface area contributed by atoms with Crippen molar-refractivity contribution in [2.45, 2.75) is 12.8 Å². The van der Waals surface area contributed by atoms with Crippen molar-refractivity contribution in [1.29, 1.82) is 0 Å². The van der Waals surface area contributed by atoms with Gasteiger partial charge in [-0.15, -0.1) is 0 Å². The minimum Gasteiger partial charge on any atom is -0.496 e. The molecule has 2 aromatic heterocycles. The highest BCUT2D eigenvalue weighted by Crippen LogP contribution is 2.47. The normalized spacial score (nSPS) is 13.4. The van der Waals surface area contributed by atoms with E-state index in [1.807, 2.05) is 0 Å². The number of amides is 3. The first kappa shape index (κ1) is 24.6. The zero-order valence-electron chi connectivity index (χ0n) is 20.2. The summed E-state index contributed by atoms with van der Waals surface area (Å²) in [6.45, 7) is 0. The smallest absolute Gasteiger partial charge is 0.252 e. The number of methoxy groups -OCH3 is 1. The van der Waals surface area contributed by atoms with Crippen molar-refractivity contribution >= 4 is 40.0 Å². The molecule has 38 heavy (non-hydrogen) atoms. The molecule has 0 bridgehead atoms. The van der Waals surface area contributed by atoms with Crippen LogP contribution in [0.25, 0.3) is 10.9 Å². The average molecular weight is 516 g/mol. The number of fused-ring (bicyclic) bond motifs is 1. The van der Waals surface area contributed by atoms with Crippen LogP contribution in [0.15, 0.2) is 67.0 Å². The van der Waals surface area contributed by atoms with Crippen molar-refractivity contribution in [3.05, 3.63) is 78.4 Å². The molecule has 0 radical (unpaired) electrons. The average Bonchev–Trinajstić information content (AvgIpc) is 3.73. The van der Waals surface area contributed by atoms with Gasteiger partial charge in [0.15, 0.2) is 0 Å². The van der Waals surface area contributed by atoms with E-state index in [0.29, 0.717) is 46.6 Å². The quantitative estimate of drug-likeness (QED) is 0.300. The number of nitrogens with one attached hydrogen (secondary N) is 2. The third-order valence-corrected chi connectivity index (χ3v) is 6.22. The molecule has 1 aliphatic rings. The Morgan fingerprint density at radius 3 is 2.21 bits per heavy atom. The third-order valence-electron chi connectivity index (χ3n) is 6.22. The minimum absolute atomic E-state index is 0.182. The van der Waals surface area contributed by atoms with Crippen LogP contribution in [-0.2, 0) is 9.59 Å². The number of primary amides is 1. The Morgan fingerprint density at radius 1 is 0.921 bits per heavy atom. The molecule has 4 N–H and O–H groups in total. The number of nitrogens with zero attached hydrogens (tertiary/aromatic N) is 2. The molecule has 0 spiro atoms. The zero-order valence-corrected chi connectivity index (χ0v) is 20.2. The summed E-state index contributed by atoms with van der Waals surface area (Å²) in [6, 6.07) is 13.2. The van der Waals surface area contributed by atoms with E-state index in [1.165, 1.54) is 37.6 Å². The molecule has 2 heterocycles. The Kier molecular flexibility index (Phi) is 6.33. The van der Waals surface area contributed by atoms with Gasteiger partial charge in [0.2, 0.25) is 17.7 Å². The monoisotopic (exact) mass is 515 g/mol. The van der Waals surface area contributed by atoms with E-state index in [-0.39, 0.29) is 11.4 Å². The van der Waals surface area contributed by atoms with Gasteiger partial charge < -0.3 is 25.8 Å². The molecular formula is C27H22FN5O5. The van der Waals surface area contributed by atoms with Crippen molar-refractivity contribution in [2.24, 2.45) is 11.1 Å². The number of hydrogen-bond acceptors (Lipinski definition) is 7. The molecule has 0 aliphatic heterocycles. The summed E-state index contributed by atoms with van der Waals surface area (Å²) >= 11 is 0. The van der Waals surface area contributed by atoms with E-state index in [0.717, 1.165) is 0 Å². The Labute approximate surface area is 216 Å². The maximum absolute atomic E-state index is 13.1. The van der Waals surface area contributed by atoms with Gasteiger partial charge in [-0.05, 0) is 55.3 Å². The summed E-state index contributed by atoms with van der Waals surface area (Å²) in [5.41, 5.74) is 5.77. The lowest BCUT2D eigenvalue weighted by Gasteiger charge is -2.15. The summed E-state index contributed by atoms with van der Waals surface area (Å²) in [4.78, 5) is 46.0. The van der Waals surface area contributed by atoms with Crippen LogP contribution in [-0.4, -0.2) is 34.8 Å². The molecule has 192 valence electrons. The van der Waals surface area contributed by atoms with Gasteiger partial charge in [0.25, 0.3) is 5.91 Å². The van der Waals surface area contributed by atoms with Gasteiger partial charge in [-0.2, -0.15) is 0 Å². The standard InChI is InChI=1S/C27H22FN5O5/c1-37-22-13-20-18(12-19(22)24(29)34)21(8-11-30-20)38-23-7-6-17(14-31-23)33-26(36)27(9-10-27)25(35)32-16-4-2-15(28)3-5-16/h2-8,11-14H,9-10H2,1H3,(H2,29,34)(H,32,35)(H,33,36). The Bertz CT molecular complexity index is 1550. The number of rotatable bonds is 8. The fourth-order valence-electron chi connectivity index (χ4n) is 3.94. The number of ether oxygens (including phenoxy) is 2. The fraction of sp³-hybridized carbons (Fsp3) is 0.148. The molecule has 0 saturated heterocycles. The van der Waals surface area contributed by atoms with Gasteiger partial charge in [-0.1, -0.05) is 0 Å². The minimum atomic E-state index is -1.20. The van der Waals surface area contributed by atoms with Crippen molar-refractivity contribution in [2.75, 3.05) is 17.7 Å². The second-order valence-electron chi connectivity index (χ2n) is 8.73. The molecule has 10 nitrogen and oxygen atoms in total. The van der Waals surface area contributed by atoms with Crippen LogP contribution in [0.5, 0.6) is 17.4 Å². The highest BCUT2D eigenvalue weighted by molar-refractivity contribution is 6.16. The van der Waals surface area contributed by atoms with Crippen LogP contribution >= 0.6 is 0 Å². The second kappa shape index (κ2) is 9.77. The summed E-state index contributed by atoms with van der Waals surface area (Å²) in [5.74, 6) is -1.08. The van der Waals surface area contributed by atoms with E-state index < -0.39 is 29.0 Å². The van der Waals surface area contributed by atoms with E-state index in [2.05, 4.69) is 20.6 Å². The summed E-state index contributed by atoms with van der Waals surface area (Å²) < 4.78 is 24.2. The molecule has 5 rings (SSSR count). The van der Waals surface area contributed by atoms with Crippen LogP contribution in [0.2, 0.25) is 0 Å². The number of halogens is 1. The van der Waals surface area contributed by atoms with E-state index in [9.17, 15) is 18.8 Å². The first-order chi connectivity index (χ1) is 18.3. The number of benzene rings is 2. The molecule has 0 atom stereocenters. The summed E-state index contributed by atoms with van der Waals surface area (Å²) in [5, 5.41) is 5.92. The Balaban J connectivity index is 1.28. The zero-order chi connectivity index (χ0) is 26.9. The maximum atomic E-state index is 13.1. The highest BCUT2D eigenvalue weighted by Gasteiger charge is 2.56. The van der Waals surface area contributed by atoms with Crippen LogP contribution in [0.1, 0.15) is 23.2 Å². The van der Waals surface area contributed by atoms with Gasteiger partial charge in [-0.25, -0.2) is 9.37 Å². The van der Waals surface area contributed by atoms with Crippen molar-refractivity contribution in [1.82, 2.24) is 9.97 Å². The molecule has 4 aromatic rings. The van der Waals surface area contributed by atoms with Gasteiger partial charge >= 0.3 is 0 Å². The number of aromatic nitrogens is 2. The highest BCUT2D eigenvalue weighted by atomic mass is 19.1. The van der Waals surface area contributed by atoms with E-state index >= 15 is 0 Å². The van der Waals surface area contributed by atoms with Crippen LogP contribution in [0, 0.1) is 11.2 Å². The van der Waals surface area contributed by atoms with Crippen molar-refractivity contribution < 1.29 is 28.2 Å². The third kappa shape index (κ3) is 4.81. The number of anilines is 2. The predicted molar refractivity (Wildman–Crippen MR) is 136 cm³/mol. The largest absolute Gasteiger partial charge is 0.496 e. The second-order valence-corrected chi connectivity index (χ2v) is 8.73. The van der Waals surface area contributed by atoms with Crippen molar-refractivity contribution in [3.63, 3.8) is 0 Å². The first-order valence-electron chi connectivity index (χ1n) is 11.6. The molecule has 11 heteroatoms. The fourth-order valence-corrected chi connectivity index (χ4v) is 3.94. The SMILES string of the molecule is COc1cc2nccc(Oc3ccc(NC(=O)C4(C(=O)Nc5ccc(F)cc5)CC4)cn3)c2cc1C(N)=O. The topological polar surface area (TPSA) is 146 Å². The lowest BCUT2D eigenvalue weighted by Crippen LogP contribution is -2.35. The van der Waals surface area contributed by atoms with Gasteiger partial charge in [0.05, 0.1) is 30.1 Å².